The van der Waals surface area contributed by atoms with Gasteiger partial charge < -0.3 is 15.0 Å². The summed E-state index contributed by atoms with van der Waals surface area (Å²) < 4.78 is 7.88. The molecule has 0 saturated carbocycles. The van der Waals surface area contributed by atoms with E-state index < -0.39 is 0 Å². The van der Waals surface area contributed by atoms with Gasteiger partial charge in [0.1, 0.15) is 24.0 Å². The lowest BCUT2D eigenvalue weighted by atomic mass is 10.2. The molecule has 1 unspecified atom stereocenters. The van der Waals surface area contributed by atoms with Gasteiger partial charge in [0.2, 0.25) is 0 Å². The minimum atomic E-state index is -0.0264. The van der Waals surface area contributed by atoms with Crippen LogP contribution in [0.2, 0.25) is 0 Å². The van der Waals surface area contributed by atoms with Crippen LogP contribution in [0.3, 0.4) is 0 Å². The number of hydrogen-bond donors (Lipinski definition) is 2. The summed E-state index contributed by atoms with van der Waals surface area (Å²) in [7, 11) is 0. The van der Waals surface area contributed by atoms with E-state index in [0.717, 1.165) is 47.0 Å². The highest BCUT2D eigenvalue weighted by atomic mass is 32.1. The molecule has 7 heteroatoms. The predicted molar refractivity (Wildman–Crippen MR) is 120 cm³/mol. The first-order valence-electron chi connectivity index (χ1n) is 10.7. The van der Waals surface area contributed by atoms with Crippen LogP contribution in [0.4, 0.5) is 0 Å². The van der Waals surface area contributed by atoms with Crippen molar-refractivity contribution in [3.63, 3.8) is 0 Å². The number of thiophene rings is 1. The molecule has 0 aliphatic carbocycles. The minimum absolute atomic E-state index is 0.0264. The average Bonchev–Trinajstić information content (AvgIpc) is 3.28. The van der Waals surface area contributed by atoms with Crippen molar-refractivity contribution in [2.24, 2.45) is 5.92 Å². The number of fused-ring (bicyclic) bond motifs is 1. The molecule has 2 aromatic heterocycles. The van der Waals surface area contributed by atoms with Gasteiger partial charge in [0, 0.05) is 17.8 Å². The van der Waals surface area contributed by atoms with Gasteiger partial charge in [-0.3, -0.25) is 9.48 Å². The third-order valence-electron chi connectivity index (χ3n) is 5.52. The van der Waals surface area contributed by atoms with E-state index in [4.69, 9.17) is 4.74 Å². The Balaban J connectivity index is 1.41. The van der Waals surface area contributed by atoms with Crippen molar-refractivity contribution in [2.45, 2.75) is 33.4 Å². The first-order valence-corrected chi connectivity index (χ1v) is 11.6. The van der Waals surface area contributed by atoms with Crippen LogP contribution in [0, 0.1) is 12.8 Å². The molecule has 1 aliphatic heterocycles. The van der Waals surface area contributed by atoms with Gasteiger partial charge in [-0.05, 0) is 18.6 Å². The maximum absolute atomic E-state index is 12.8. The van der Waals surface area contributed by atoms with Crippen LogP contribution < -0.4 is 10.2 Å². The lowest BCUT2D eigenvalue weighted by Crippen LogP contribution is -3.15. The van der Waals surface area contributed by atoms with E-state index in [2.05, 4.69) is 36.4 Å². The van der Waals surface area contributed by atoms with Crippen molar-refractivity contribution in [3.8, 4) is 0 Å². The molecule has 1 aliphatic rings. The Morgan fingerprint density at radius 2 is 2.17 bits per heavy atom. The summed E-state index contributed by atoms with van der Waals surface area (Å²) in [5.74, 6) is 0.645. The molecule has 3 aromatic rings. The first kappa shape index (κ1) is 21.0. The van der Waals surface area contributed by atoms with Gasteiger partial charge in [0.05, 0.1) is 30.3 Å². The Bertz CT molecular complexity index is 995. The zero-order valence-electron chi connectivity index (χ0n) is 18.0. The van der Waals surface area contributed by atoms with Gasteiger partial charge in [0.25, 0.3) is 5.91 Å². The number of aryl methyl sites for hydroxylation is 1. The number of quaternary nitrogens is 1. The lowest BCUT2D eigenvalue weighted by Gasteiger charge is -2.31. The van der Waals surface area contributed by atoms with Crippen molar-refractivity contribution < 1.29 is 14.4 Å². The quantitative estimate of drug-likeness (QED) is 0.607. The van der Waals surface area contributed by atoms with Crippen LogP contribution in [0.15, 0.2) is 36.4 Å². The van der Waals surface area contributed by atoms with Crippen molar-refractivity contribution in [2.75, 3.05) is 32.8 Å². The molecule has 2 N–H and O–H groups in total. The van der Waals surface area contributed by atoms with Crippen LogP contribution >= 0.6 is 11.3 Å². The third-order valence-corrected chi connectivity index (χ3v) is 6.67. The fourth-order valence-corrected chi connectivity index (χ4v) is 5.21. The predicted octanol–water partition coefficient (Wildman–Crippen LogP) is 2.12. The summed E-state index contributed by atoms with van der Waals surface area (Å²) in [6.07, 6.45) is 0.0844. The molecular weight excluding hydrogens is 396 g/mol. The van der Waals surface area contributed by atoms with Crippen molar-refractivity contribution in [1.29, 1.82) is 0 Å². The molecule has 2 atom stereocenters. The molecule has 0 radical (unpaired) electrons. The van der Waals surface area contributed by atoms with Crippen LogP contribution in [0.5, 0.6) is 0 Å². The minimum Gasteiger partial charge on any atom is -0.365 e. The van der Waals surface area contributed by atoms with Gasteiger partial charge in [0.15, 0.2) is 0 Å². The highest BCUT2D eigenvalue weighted by molar-refractivity contribution is 7.20. The van der Waals surface area contributed by atoms with Crippen LogP contribution in [0.25, 0.3) is 10.2 Å². The molecule has 0 bridgehead atoms. The third kappa shape index (κ3) is 4.91. The van der Waals surface area contributed by atoms with Crippen molar-refractivity contribution >= 4 is 27.5 Å². The number of aromatic nitrogens is 2. The van der Waals surface area contributed by atoms with E-state index in [1.54, 1.807) is 4.90 Å². The monoisotopic (exact) mass is 427 g/mol. The Kier molecular flexibility index (Phi) is 6.51. The number of carbonyl (C=O) groups is 1. The van der Waals surface area contributed by atoms with E-state index in [-0.39, 0.29) is 12.0 Å². The smallest absolute Gasteiger partial charge is 0.261 e. The van der Waals surface area contributed by atoms with Gasteiger partial charge in [-0.1, -0.05) is 44.2 Å². The number of nitrogens with one attached hydrogen (secondary N) is 2. The summed E-state index contributed by atoms with van der Waals surface area (Å²) in [4.78, 5) is 16.1. The number of rotatable bonds is 7. The Morgan fingerprint density at radius 1 is 1.37 bits per heavy atom. The molecule has 1 aromatic carbocycles. The van der Waals surface area contributed by atoms with Gasteiger partial charge >= 0.3 is 0 Å². The molecule has 160 valence electrons. The number of carbonyl (C=O) groups excluding carboxylic acids is 1. The number of nitrogens with zero attached hydrogens (tertiary/aromatic N) is 2. The molecular formula is C23H31N4O2S+. The molecule has 1 amide bonds. The highest BCUT2D eigenvalue weighted by Crippen LogP contribution is 2.28. The van der Waals surface area contributed by atoms with Crippen LogP contribution in [-0.2, 0) is 11.3 Å². The topological polar surface area (TPSA) is 60.6 Å². The standard InChI is InChI=1S/C23H30N4O2S/c1-16(2)13-26-9-10-29-19(15-26)12-24-22(28)21-11-20-17(3)25-27(23(20)30-21)14-18-7-5-4-6-8-18/h4-8,11,16,19H,9-10,12-15H2,1-3H3,(H,24,28)/p+1/t19-/m0/s1. The van der Waals surface area contributed by atoms with Gasteiger partial charge in [-0.25, -0.2) is 0 Å². The van der Waals surface area contributed by atoms with E-state index in [1.165, 1.54) is 16.9 Å². The zero-order chi connectivity index (χ0) is 21.1. The summed E-state index contributed by atoms with van der Waals surface area (Å²) >= 11 is 1.51. The van der Waals surface area contributed by atoms with Crippen molar-refractivity contribution in [1.82, 2.24) is 15.1 Å². The van der Waals surface area contributed by atoms with Gasteiger partial charge in [-0.15, -0.1) is 11.3 Å². The summed E-state index contributed by atoms with van der Waals surface area (Å²) in [6, 6.07) is 12.2. The number of morpholine rings is 1. The molecule has 0 spiro atoms. The number of hydrogen-bond acceptors (Lipinski definition) is 4. The van der Waals surface area contributed by atoms with E-state index in [9.17, 15) is 4.79 Å². The van der Waals surface area contributed by atoms with Gasteiger partial charge in [-0.2, -0.15) is 5.10 Å². The van der Waals surface area contributed by atoms with E-state index >= 15 is 0 Å². The molecule has 3 heterocycles. The molecule has 4 rings (SSSR count). The lowest BCUT2D eigenvalue weighted by molar-refractivity contribution is -0.914. The second-order valence-corrected chi connectivity index (χ2v) is 9.59. The normalized spacial score (nSPS) is 19.5. The molecule has 1 fully saturated rings. The van der Waals surface area contributed by atoms with Crippen LogP contribution in [-0.4, -0.2) is 54.6 Å². The van der Waals surface area contributed by atoms with Crippen molar-refractivity contribution in [3.05, 3.63) is 52.5 Å². The largest absolute Gasteiger partial charge is 0.365 e. The number of benzene rings is 1. The summed E-state index contributed by atoms with van der Waals surface area (Å²) in [5, 5.41) is 8.81. The fraction of sp³-hybridized carbons (Fsp3) is 0.478. The molecule has 6 nitrogen and oxygen atoms in total. The number of amides is 1. The zero-order valence-corrected chi connectivity index (χ0v) is 18.8. The maximum Gasteiger partial charge on any atom is 0.261 e. The average molecular weight is 428 g/mol. The van der Waals surface area contributed by atoms with E-state index in [0.29, 0.717) is 19.0 Å². The second-order valence-electron chi connectivity index (χ2n) is 8.56. The highest BCUT2D eigenvalue weighted by Gasteiger charge is 2.25. The summed E-state index contributed by atoms with van der Waals surface area (Å²) in [5.41, 5.74) is 2.16. The Hall–Kier alpha value is -2.22. The maximum atomic E-state index is 12.8. The summed E-state index contributed by atoms with van der Waals surface area (Å²) in [6.45, 7) is 11.7. The first-order chi connectivity index (χ1) is 14.5. The fourth-order valence-electron chi connectivity index (χ4n) is 4.13. The Labute approximate surface area is 181 Å². The molecule has 1 saturated heterocycles. The second kappa shape index (κ2) is 9.29. The molecule has 30 heavy (non-hydrogen) atoms. The SMILES string of the molecule is Cc1nn(Cc2ccccc2)c2sc(C(=O)NC[C@H]3C[NH+](CC(C)C)CCO3)cc12. The number of ether oxygens (including phenoxy) is 1. The van der Waals surface area contributed by atoms with E-state index in [1.807, 2.05) is 35.9 Å². The van der Waals surface area contributed by atoms with Crippen LogP contribution in [0.1, 0.15) is 34.8 Å². The Morgan fingerprint density at radius 3 is 2.93 bits per heavy atom.